The topological polar surface area (TPSA) is 107 Å². The van der Waals surface area contributed by atoms with E-state index in [-0.39, 0.29) is 11.8 Å². The highest BCUT2D eigenvalue weighted by molar-refractivity contribution is 6.06. The molecular formula is C20H28N6O2. The number of pyridine rings is 1. The van der Waals surface area contributed by atoms with Crippen LogP contribution in [0.5, 0.6) is 0 Å². The van der Waals surface area contributed by atoms with Gasteiger partial charge < -0.3 is 21.2 Å². The summed E-state index contributed by atoms with van der Waals surface area (Å²) in [6.07, 6.45) is 0.782. The van der Waals surface area contributed by atoms with Crippen LogP contribution in [0.4, 0.5) is 5.82 Å². The average Bonchev–Trinajstić information content (AvgIpc) is 3.05. The second-order valence-electron chi connectivity index (χ2n) is 6.92. The molecule has 1 amide bonds. The molecule has 0 aliphatic heterocycles. The van der Waals surface area contributed by atoms with Crippen LogP contribution in [0.3, 0.4) is 0 Å². The van der Waals surface area contributed by atoms with Crippen molar-refractivity contribution in [1.82, 2.24) is 20.0 Å². The summed E-state index contributed by atoms with van der Waals surface area (Å²) >= 11 is 0. The van der Waals surface area contributed by atoms with Gasteiger partial charge in [0.1, 0.15) is 17.6 Å². The van der Waals surface area contributed by atoms with Crippen LogP contribution in [0.15, 0.2) is 24.3 Å². The van der Waals surface area contributed by atoms with E-state index in [4.69, 9.17) is 10.5 Å². The summed E-state index contributed by atoms with van der Waals surface area (Å²) in [6, 6.07) is 7.86. The Kier molecular flexibility index (Phi) is 6.30. The van der Waals surface area contributed by atoms with Crippen molar-refractivity contribution in [1.29, 1.82) is 0 Å². The molecule has 2 aromatic heterocycles. The lowest BCUT2D eigenvalue weighted by atomic mass is 10.2. The van der Waals surface area contributed by atoms with Gasteiger partial charge in [-0.25, -0.2) is 14.6 Å². The number of imidazole rings is 1. The highest BCUT2D eigenvalue weighted by atomic mass is 16.5. The number of nitrogens with zero attached hydrogens (tertiary/aromatic N) is 3. The van der Waals surface area contributed by atoms with Crippen LogP contribution in [0.1, 0.15) is 33.0 Å². The Morgan fingerprint density at radius 3 is 2.79 bits per heavy atom. The number of ether oxygens (including phenoxy) is 1. The zero-order valence-electron chi connectivity index (χ0n) is 16.7. The third-order valence-corrected chi connectivity index (χ3v) is 4.47. The summed E-state index contributed by atoms with van der Waals surface area (Å²) in [6.45, 7) is 7.96. The lowest BCUT2D eigenvalue weighted by Gasteiger charge is -2.14. The first-order valence-corrected chi connectivity index (χ1v) is 9.67. The van der Waals surface area contributed by atoms with Crippen LogP contribution in [0.2, 0.25) is 0 Å². The van der Waals surface area contributed by atoms with E-state index >= 15 is 0 Å². The second-order valence-corrected chi connectivity index (χ2v) is 6.92. The Bertz CT molecular complexity index is 966. The lowest BCUT2D eigenvalue weighted by Crippen LogP contribution is -2.30. The molecule has 28 heavy (non-hydrogen) atoms. The van der Waals surface area contributed by atoms with Gasteiger partial charge in [0.2, 0.25) is 5.91 Å². The van der Waals surface area contributed by atoms with E-state index in [2.05, 4.69) is 20.7 Å². The Morgan fingerprint density at radius 2 is 2.04 bits per heavy atom. The van der Waals surface area contributed by atoms with E-state index < -0.39 is 0 Å². The lowest BCUT2D eigenvalue weighted by molar-refractivity contribution is -0.123. The van der Waals surface area contributed by atoms with Gasteiger partial charge >= 0.3 is 0 Å². The molecule has 0 aliphatic carbocycles. The van der Waals surface area contributed by atoms with Gasteiger partial charge in [-0.05, 0) is 19.4 Å². The van der Waals surface area contributed by atoms with Crippen molar-refractivity contribution < 1.29 is 9.53 Å². The predicted octanol–water partition coefficient (Wildman–Crippen LogP) is 2.41. The van der Waals surface area contributed by atoms with Crippen LogP contribution >= 0.6 is 0 Å². The first-order valence-electron chi connectivity index (χ1n) is 9.67. The smallest absolute Gasteiger partial charge is 0.222 e. The third kappa shape index (κ3) is 4.17. The molecule has 0 fully saturated rings. The second kappa shape index (κ2) is 8.88. The van der Waals surface area contributed by atoms with Crippen molar-refractivity contribution in [3.05, 3.63) is 30.1 Å². The summed E-state index contributed by atoms with van der Waals surface area (Å²) in [5.74, 6) is 1.20. The molecule has 0 unspecified atom stereocenters. The molecule has 0 aliphatic rings. The molecule has 8 nitrogen and oxygen atoms in total. The van der Waals surface area contributed by atoms with Crippen LogP contribution in [0, 0.1) is 5.92 Å². The normalized spacial score (nSPS) is 11.4. The summed E-state index contributed by atoms with van der Waals surface area (Å²) in [5, 5.41) is 3.90. The van der Waals surface area contributed by atoms with Crippen molar-refractivity contribution in [2.75, 3.05) is 30.9 Å². The average molecular weight is 384 g/mol. The Balaban J connectivity index is 1.87. The summed E-state index contributed by atoms with van der Waals surface area (Å²) in [7, 11) is 0. The number of rotatable bonds is 9. The largest absolute Gasteiger partial charge is 0.382 e. The van der Waals surface area contributed by atoms with Gasteiger partial charge in [0.05, 0.1) is 5.52 Å². The molecule has 0 atom stereocenters. The van der Waals surface area contributed by atoms with E-state index in [1.54, 1.807) is 0 Å². The van der Waals surface area contributed by atoms with E-state index in [1.807, 2.05) is 49.7 Å². The number of hydrogen-bond donors (Lipinski definition) is 3. The number of carbonyl (C=O) groups is 1. The summed E-state index contributed by atoms with van der Waals surface area (Å²) in [5.41, 5.74) is 12.0. The van der Waals surface area contributed by atoms with E-state index in [1.165, 1.54) is 0 Å². The summed E-state index contributed by atoms with van der Waals surface area (Å²) < 4.78 is 7.53. The standard InChI is InChI=1S/C20H28N6O2/c1-4-28-12-16-25-17-18(14-8-5-6-9-15(14)24-19(17)21)26(16)23-11-7-10-22-20(27)13(2)3/h5-6,8-9,13,23H,4,7,10-12H2,1-3H3,(H2,21,24)(H,22,27). The van der Waals surface area contributed by atoms with Crippen molar-refractivity contribution in [3.63, 3.8) is 0 Å². The maximum Gasteiger partial charge on any atom is 0.222 e. The van der Waals surface area contributed by atoms with Crippen molar-refractivity contribution in [2.24, 2.45) is 5.92 Å². The first kappa shape index (κ1) is 19.9. The van der Waals surface area contributed by atoms with Crippen LogP contribution in [-0.4, -0.2) is 40.2 Å². The number of para-hydroxylation sites is 1. The van der Waals surface area contributed by atoms with E-state index in [9.17, 15) is 4.79 Å². The van der Waals surface area contributed by atoms with Crippen LogP contribution in [-0.2, 0) is 16.1 Å². The minimum Gasteiger partial charge on any atom is -0.382 e. The van der Waals surface area contributed by atoms with Crippen molar-refractivity contribution in [3.8, 4) is 0 Å². The quantitative estimate of drug-likeness (QED) is 0.489. The van der Waals surface area contributed by atoms with E-state index in [0.717, 1.165) is 28.7 Å². The van der Waals surface area contributed by atoms with Gasteiger partial charge in [0.15, 0.2) is 11.6 Å². The third-order valence-electron chi connectivity index (χ3n) is 4.47. The molecule has 0 radical (unpaired) electrons. The number of anilines is 1. The predicted molar refractivity (Wildman–Crippen MR) is 111 cm³/mol. The number of nitrogens with one attached hydrogen (secondary N) is 2. The zero-order valence-corrected chi connectivity index (χ0v) is 16.7. The van der Waals surface area contributed by atoms with Crippen molar-refractivity contribution >= 4 is 33.7 Å². The number of amides is 1. The molecule has 3 rings (SSSR count). The number of benzene rings is 1. The molecule has 1 aromatic carbocycles. The minimum atomic E-state index is -0.00909. The number of nitrogen functional groups attached to an aromatic ring is 1. The monoisotopic (exact) mass is 384 g/mol. The molecule has 0 saturated heterocycles. The fraction of sp³-hybridized carbons (Fsp3) is 0.450. The van der Waals surface area contributed by atoms with E-state index in [0.29, 0.717) is 37.6 Å². The van der Waals surface area contributed by atoms with Crippen LogP contribution in [0.25, 0.3) is 21.9 Å². The molecule has 0 saturated carbocycles. The molecule has 4 N–H and O–H groups in total. The molecule has 2 heterocycles. The fourth-order valence-electron chi connectivity index (χ4n) is 3.00. The molecule has 8 heteroatoms. The molecule has 3 aromatic rings. The van der Waals surface area contributed by atoms with Gasteiger partial charge in [0, 0.05) is 31.0 Å². The zero-order chi connectivity index (χ0) is 20.1. The molecule has 0 bridgehead atoms. The number of hydrogen-bond acceptors (Lipinski definition) is 6. The Hall–Kier alpha value is -2.87. The SMILES string of the molecule is CCOCc1nc2c(N)nc3ccccc3c2n1NCCCNC(=O)C(C)C. The number of carbonyl (C=O) groups excluding carboxylic acids is 1. The highest BCUT2D eigenvalue weighted by Gasteiger charge is 2.17. The number of nitrogens with two attached hydrogens (primary N) is 1. The Labute approximate surface area is 164 Å². The summed E-state index contributed by atoms with van der Waals surface area (Å²) in [4.78, 5) is 20.8. The van der Waals surface area contributed by atoms with Crippen LogP contribution < -0.4 is 16.5 Å². The van der Waals surface area contributed by atoms with Gasteiger partial charge in [0.25, 0.3) is 0 Å². The fourth-order valence-corrected chi connectivity index (χ4v) is 3.00. The maximum atomic E-state index is 11.7. The van der Waals surface area contributed by atoms with Gasteiger partial charge in [-0.3, -0.25) is 4.79 Å². The van der Waals surface area contributed by atoms with Gasteiger partial charge in [-0.2, -0.15) is 0 Å². The molecular weight excluding hydrogens is 356 g/mol. The highest BCUT2D eigenvalue weighted by Crippen LogP contribution is 2.28. The maximum absolute atomic E-state index is 11.7. The molecule has 0 spiro atoms. The molecule has 150 valence electrons. The van der Waals surface area contributed by atoms with Gasteiger partial charge in [-0.15, -0.1) is 0 Å². The number of fused-ring (bicyclic) bond motifs is 3. The van der Waals surface area contributed by atoms with Gasteiger partial charge in [-0.1, -0.05) is 32.0 Å². The minimum absolute atomic E-state index is 0.00909. The van der Waals surface area contributed by atoms with Crippen molar-refractivity contribution in [2.45, 2.75) is 33.8 Å². The first-order chi connectivity index (χ1) is 13.5. The Morgan fingerprint density at radius 1 is 1.25 bits per heavy atom. The number of aromatic nitrogens is 3.